The summed E-state index contributed by atoms with van der Waals surface area (Å²) >= 11 is 0. The Labute approximate surface area is 142 Å². The number of hydrazone groups is 1. The standard InChI is InChI=1S/C15H15F2N3O4S/c16-9-5-10(17)7-11(6-9)18-15(22)13-1-2-14(21)20(19-13)12-3-4-25(23,24)8-12/h5-7,12H,1-4,8H2,(H,18,22). The average Bonchev–Trinajstić information content (AvgIpc) is 2.86. The molecule has 0 aliphatic carbocycles. The van der Waals surface area contributed by atoms with Crippen molar-refractivity contribution in [2.75, 3.05) is 16.8 Å². The maximum Gasteiger partial charge on any atom is 0.271 e. The summed E-state index contributed by atoms with van der Waals surface area (Å²) in [6.07, 6.45) is 0.348. The predicted octanol–water partition coefficient (Wildman–Crippen LogP) is 1.07. The van der Waals surface area contributed by atoms with E-state index in [-0.39, 0.29) is 48.1 Å². The minimum absolute atomic E-state index is 0.00793. The molecule has 0 radical (unpaired) electrons. The summed E-state index contributed by atoms with van der Waals surface area (Å²) in [4.78, 5) is 24.2. The van der Waals surface area contributed by atoms with E-state index < -0.39 is 33.4 Å². The molecule has 10 heteroatoms. The molecule has 3 rings (SSSR count). The molecule has 7 nitrogen and oxygen atoms in total. The largest absolute Gasteiger partial charge is 0.321 e. The average molecular weight is 371 g/mol. The van der Waals surface area contributed by atoms with Crippen LogP contribution in [-0.2, 0) is 19.4 Å². The van der Waals surface area contributed by atoms with Crippen LogP contribution >= 0.6 is 0 Å². The smallest absolute Gasteiger partial charge is 0.271 e. The lowest BCUT2D eigenvalue weighted by Gasteiger charge is -2.27. The Hall–Kier alpha value is -2.36. The molecule has 1 fully saturated rings. The molecular weight excluding hydrogens is 356 g/mol. The van der Waals surface area contributed by atoms with Crippen molar-refractivity contribution < 1.29 is 26.8 Å². The van der Waals surface area contributed by atoms with Gasteiger partial charge in [0.1, 0.15) is 17.3 Å². The van der Waals surface area contributed by atoms with Gasteiger partial charge in [0.05, 0.1) is 17.5 Å². The number of benzene rings is 1. The van der Waals surface area contributed by atoms with Gasteiger partial charge in [-0.2, -0.15) is 5.10 Å². The van der Waals surface area contributed by atoms with E-state index in [2.05, 4.69) is 10.4 Å². The summed E-state index contributed by atoms with van der Waals surface area (Å²) in [6, 6.07) is 2.00. The highest BCUT2D eigenvalue weighted by molar-refractivity contribution is 7.91. The topological polar surface area (TPSA) is 95.9 Å². The molecule has 1 aromatic carbocycles. The molecule has 0 saturated carbocycles. The summed E-state index contributed by atoms with van der Waals surface area (Å²) in [7, 11) is -3.21. The molecule has 0 aromatic heterocycles. The number of hydrogen-bond donors (Lipinski definition) is 1. The Morgan fingerprint density at radius 1 is 1.20 bits per heavy atom. The second-order valence-corrected chi connectivity index (χ2v) is 8.18. The zero-order valence-corrected chi connectivity index (χ0v) is 13.9. The van der Waals surface area contributed by atoms with Crippen LogP contribution in [0.1, 0.15) is 19.3 Å². The van der Waals surface area contributed by atoms with Crippen LogP contribution in [0.2, 0.25) is 0 Å². The third kappa shape index (κ3) is 4.01. The van der Waals surface area contributed by atoms with Gasteiger partial charge in [0, 0.05) is 24.6 Å². The van der Waals surface area contributed by atoms with Gasteiger partial charge < -0.3 is 5.32 Å². The number of hydrogen-bond acceptors (Lipinski definition) is 5. The molecular formula is C15H15F2N3O4S. The van der Waals surface area contributed by atoms with Crippen molar-refractivity contribution in [3.8, 4) is 0 Å². The van der Waals surface area contributed by atoms with Crippen LogP contribution in [0.4, 0.5) is 14.5 Å². The van der Waals surface area contributed by atoms with Gasteiger partial charge in [0.25, 0.3) is 5.91 Å². The number of rotatable bonds is 3. The van der Waals surface area contributed by atoms with Crippen molar-refractivity contribution in [2.45, 2.75) is 25.3 Å². The van der Waals surface area contributed by atoms with Gasteiger partial charge in [-0.1, -0.05) is 0 Å². The molecule has 1 aromatic rings. The van der Waals surface area contributed by atoms with Crippen molar-refractivity contribution in [1.29, 1.82) is 0 Å². The van der Waals surface area contributed by atoms with Gasteiger partial charge in [-0.3, -0.25) is 9.59 Å². The fourth-order valence-corrected chi connectivity index (χ4v) is 4.51. The van der Waals surface area contributed by atoms with Gasteiger partial charge in [0.2, 0.25) is 5.91 Å². The van der Waals surface area contributed by atoms with Crippen LogP contribution in [0.5, 0.6) is 0 Å². The van der Waals surface area contributed by atoms with E-state index in [0.29, 0.717) is 6.07 Å². The molecule has 0 spiro atoms. The number of carbonyl (C=O) groups is 2. The Balaban J connectivity index is 1.77. The predicted molar refractivity (Wildman–Crippen MR) is 85.6 cm³/mol. The molecule has 0 bridgehead atoms. The molecule has 2 aliphatic heterocycles. The molecule has 2 heterocycles. The third-order valence-electron chi connectivity index (χ3n) is 4.00. The van der Waals surface area contributed by atoms with Crippen LogP contribution in [-0.4, -0.2) is 48.5 Å². The zero-order chi connectivity index (χ0) is 18.2. The van der Waals surface area contributed by atoms with Gasteiger partial charge in [-0.05, 0) is 18.6 Å². The molecule has 1 atom stereocenters. The lowest BCUT2D eigenvalue weighted by atomic mass is 10.1. The van der Waals surface area contributed by atoms with Crippen LogP contribution in [0.25, 0.3) is 0 Å². The monoisotopic (exact) mass is 371 g/mol. The highest BCUT2D eigenvalue weighted by Crippen LogP contribution is 2.22. The summed E-state index contributed by atoms with van der Waals surface area (Å²) in [5.41, 5.74) is -0.0642. The lowest BCUT2D eigenvalue weighted by molar-refractivity contribution is -0.133. The van der Waals surface area contributed by atoms with E-state index in [1.807, 2.05) is 0 Å². The van der Waals surface area contributed by atoms with E-state index in [9.17, 15) is 26.8 Å². The molecule has 134 valence electrons. The van der Waals surface area contributed by atoms with E-state index in [0.717, 1.165) is 17.1 Å². The van der Waals surface area contributed by atoms with Crippen LogP contribution in [0.15, 0.2) is 23.3 Å². The van der Waals surface area contributed by atoms with Crippen LogP contribution < -0.4 is 5.32 Å². The Morgan fingerprint density at radius 3 is 2.48 bits per heavy atom. The Morgan fingerprint density at radius 2 is 1.88 bits per heavy atom. The normalized spacial score (nSPS) is 22.6. The zero-order valence-electron chi connectivity index (χ0n) is 13.0. The molecule has 2 aliphatic rings. The number of sulfone groups is 1. The Kier molecular flexibility index (Phi) is 4.55. The summed E-state index contributed by atoms with van der Waals surface area (Å²) in [5, 5.41) is 7.37. The second kappa shape index (κ2) is 6.51. The van der Waals surface area contributed by atoms with Crippen molar-refractivity contribution >= 4 is 33.1 Å². The van der Waals surface area contributed by atoms with Gasteiger partial charge in [-0.15, -0.1) is 0 Å². The maximum atomic E-state index is 13.2. The number of nitrogens with zero attached hydrogens (tertiary/aromatic N) is 2. The summed E-state index contributed by atoms with van der Waals surface area (Å²) in [5.74, 6) is -2.94. The first-order valence-corrected chi connectivity index (χ1v) is 9.43. The van der Waals surface area contributed by atoms with Crippen molar-refractivity contribution in [3.63, 3.8) is 0 Å². The number of carbonyl (C=O) groups excluding carboxylic acids is 2. The van der Waals surface area contributed by atoms with E-state index in [4.69, 9.17) is 0 Å². The first kappa shape index (κ1) is 17.5. The maximum absolute atomic E-state index is 13.2. The van der Waals surface area contributed by atoms with E-state index in [1.165, 1.54) is 0 Å². The van der Waals surface area contributed by atoms with Crippen molar-refractivity contribution in [2.24, 2.45) is 5.10 Å². The molecule has 25 heavy (non-hydrogen) atoms. The molecule has 1 unspecified atom stereocenters. The van der Waals surface area contributed by atoms with Crippen molar-refractivity contribution in [1.82, 2.24) is 5.01 Å². The fraction of sp³-hybridized carbons (Fsp3) is 0.400. The molecule has 1 saturated heterocycles. The number of nitrogens with one attached hydrogen (secondary N) is 1. The molecule has 2 amide bonds. The van der Waals surface area contributed by atoms with E-state index in [1.54, 1.807) is 0 Å². The number of anilines is 1. The molecule has 1 N–H and O–H groups in total. The quantitative estimate of drug-likeness (QED) is 0.860. The first-order chi connectivity index (χ1) is 11.7. The van der Waals surface area contributed by atoms with E-state index >= 15 is 0 Å². The van der Waals surface area contributed by atoms with Crippen molar-refractivity contribution in [3.05, 3.63) is 29.8 Å². The van der Waals surface area contributed by atoms with Gasteiger partial charge >= 0.3 is 0 Å². The Bertz CT molecular complexity index is 849. The van der Waals surface area contributed by atoms with Gasteiger partial charge in [0.15, 0.2) is 9.84 Å². The number of halogens is 2. The summed E-state index contributed by atoms with van der Waals surface area (Å²) in [6.45, 7) is 0. The minimum Gasteiger partial charge on any atom is -0.321 e. The second-order valence-electron chi connectivity index (χ2n) is 5.95. The SMILES string of the molecule is O=C(Nc1cc(F)cc(F)c1)C1=NN(C2CCS(=O)(=O)C2)C(=O)CC1. The van der Waals surface area contributed by atoms with Crippen LogP contribution in [0.3, 0.4) is 0 Å². The van der Waals surface area contributed by atoms with Crippen LogP contribution in [0, 0.1) is 11.6 Å². The lowest BCUT2D eigenvalue weighted by Crippen LogP contribution is -2.42. The first-order valence-electron chi connectivity index (χ1n) is 7.61. The van der Waals surface area contributed by atoms with Gasteiger partial charge in [-0.25, -0.2) is 22.2 Å². The third-order valence-corrected chi connectivity index (χ3v) is 5.75. The highest BCUT2D eigenvalue weighted by Gasteiger charge is 2.37. The summed E-state index contributed by atoms with van der Waals surface area (Å²) < 4.78 is 49.5. The minimum atomic E-state index is -3.21. The number of amides is 2. The fourth-order valence-electron chi connectivity index (χ4n) is 2.82. The highest BCUT2D eigenvalue weighted by atomic mass is 32.2.